The maximum absolute atomic E-state index is 13.1. The summed E-state index contributed by atoms with van der Waals surface area (Å²) in [6, 6.07) is 13.8. The van der Waals surface area contributed by atoms with Crippen molar-refractivity contribution in [2.24, 2.45) is 0 Å². The molecular formula is C21H18N2O5. The number of ketones is 1. The number of nitro benzene ring substituents is 1. The Bertz CT molecular complexity index is 1070. The number of hydrogen-bond acceptors (Lipinski definition) is 5. The number of carbonyl (C=O) groups is 1. The normalized spacial score (nSPS) is 15.4. The highest BCUT2D eigenvalue weighted by atomic mass is 16.6. The van der Waals surface area contributed by atoms with E-state index >= 15 is 0 Å². The molecule has 0 N–H and O–H groups in total. The molecule has 2 aromatic carbocycles. The van der Waals surface area contributed by atoms with Gasteiger partial charge in [0.25, 0.3) is 5.69 Å². The van der Waals surface area contributed by atoms with Gasteiger partial charge < -0.3 is 14.0 Å². The van der Waals surface area contributed by atoms with Crippen LogP contribution in [0.2, 0.25) is 0 Å². The second kappa shape index (κ2) is 6.84. The standard InChI is InChI=1S/C21H18N2O5/c1-27-20-11-16-18(12-21(20)28-2)22-9-3-4-17(22)15(10-19(16)24)13-5-7-14(8-6-13)23(25)26/h3-9,11-12,15H,10H2,1-2H3/t15-/m0/s1. The molecule has 4 rings (SSSR count). The molecule has 142 valence electrons. The highest BCUT2D eigenvalue weighted by Crippen LogP contribution is 2.40. The van der Waals surface area contributed by atoms with Gasteiger partial charge in [-0.3, -0.25) is 14.9 Å². The SMILES string of the molecule is COc1cc2c(cc1OC)-n1cccc1[C@H](c1ccc([N+](=O)[O-])cc1)CC2=O. The van der Waals surface area contributed by atoms with Crippen LogP contribution in [0, 0.1) is 10.1 Å². The maximum atomic E-state index is 13.1. The first-order valence-electron chi connectivity index (χ1n) is 8.74. The van der Waals surface area contributed by atoms with Crippen molar-refractivity contribution in [2.45, 2.75) is 12.3 Å². The lowest BCUT2D eigenvalue weighted by Gasteiger charge is -2.17. The zero-order valence-corrected chi connectivity index (χ0v) is 15.4. The summed E-state index contributed by atoms with van der Waals surface area (Å²) in [5, 5.41) is 10.9. The minimum absolute atomic E-state index is 0.0249. The molecule has 1 aliphatic rings. The third-order valence-electron chi connectivity index (χ3n) is 5.09. The van der Waals surface area contributed by atoms with E-state index < -0.39 is 4.92 Å². The van der Waals surface area contributed by atoms with Gasteiger partial charge in [0.05, 0.1) is 24.8 Å². The predicted octanol–water partition coefficient (Wildman–Crippen LogP) is 4.12. The van der Waals surface area contributed by atoms with Crippen LogP contribution in [0.15, 0.2) is 54.7 Å². The van der Waals surface area contributed by atoms with Crippen LogP contribution in [0.3, 0.4) is 0 Å². The molecule has 0 radical (unpaired) electrons. The molecule has 0 aliphatic carbocycles. The summed E-state index contributed by atoms with van der Waals surface area (Å²) >= 11 is 0. The van der Waals surface area contributed by atoms with Gasteiger partial charge in [-0.1, -0.05) is 12.1 Å². The fourth-order valence-corrected chi connectivity index (χ4v) is 3.71. The van der Waals surface area contributed by atoms with Crippen molar-refractivity contribution in [3.05, 3.63) is 81.7 Å². The number of carbonyl (C=O) groups excluding carboxylic acids is 1. The largest absolute Gasteiger partial charge is 0.493 e. The number of nitrogens with zero attached hydrogens (tertiary/aromatic N) is 2. The third-order valence-corrected chi connectivity index (χ3v) is 5.09. The number of non-ortho nitro benzene ring substituents is 1. The minimum atomic E-state index is -0.431. The van der Waals surface area contributed by atoms with Gasteiger partial charge in [0.2, 0.25) is 0 Å². The molecule has 0 bridgehead atoms. The first kappa shape index (κ1) is 17.8. The molecule has 1 aromatic heterocycles. The van der Waals surface area contributed by atoms with E-state index in [4.69, 9.17) is 9.47 Å². The molecule has 28 heavy (non-hydrogen) atoms. The number of nitro groups is 1. The number of fused-ring (bicyclic) bond motifs is 3. The molecule has 0 spiro atoms. The summed E-state index contributed by atoms with van der Waals surface area (Å²) in [7, 11) is 3.09. The van der Waals surface area contributed by atoms with Crippen LogP contribution < -0.4 is 9.47 Å². The van der Waals surface area contributed by atoms with Crippen molar-refractivity contribution in [3.8, 4) is 17.2 Å². The average Bonchev–Trinajstić information content (AvgIpc) is 3.16. The Morgan fingerprint density at radius 2 is 1.75 bits per heavy atom. The highest BCUT2D eigenvalue weighted by Gasteiger charge is 2.30. The van der Waals surface area contributed by atoms with E-state index in [1.165, 1.54) is 19.2 Å². The van der Waals surface area contributed by atoms with E-state index in [1.54, 1.807) is 31.4 Å². The number of hydrogen-bond donors (Lipinski definition) is 0. The van der Waals surface area contributed by atoms with E-state index in [0.717, 1.165) is 16.9 Å². The van der Waals surface area contributed by atoms with Crippen molar-refractivity contribution in [1.82, 2.24) is 4.57 Å². The summed E-state index contributed by atoms with van der Waals surface area (Å²) in [5.41, 5.74) is 3.10. The van der Waals surface area contributed by atoms with E-state index in [9.17, 15) is 14.9 Å². The van der Waals surface area contributed by atoms with Crippen LogP contribution in [0.4, 0.5) is 5.69 Å². The molecule has 0 fully saturated rings. The Balaban J connectivity index is 1.86. The fourth-order valence-electron chi connectivity index (χ4n) is 3.71. The maximum Gasteiger partial charge on any atom is 0.269 e. The van der Waals surface area contributed by atoms with Crippen molar-refractivity contribution in [3.63, 3.8) is 0 Å². The average molecular weight is 378 g/mol. The zero-order valence-electron chi connectivity index (χ0n) is 15.4. The molecular weight excluding hydrogens is 360 g/mol. The van der Waals surface area contributed by atoms with Crippen LogP contribution in [0.25, 0.3) is 5.69 Å². The Morgan fingerprint density at radius 1 is 1.07 bits per heavy atom. The molecule has 0 saturated carbocycles. The van der Waals surface area contributed by atoms with Gasteiger partial charge in [-0.05, 0) is 23.8 Å². The van der Waals surface area contributed by atoms with Gasteiger partial charge >= 0.3 is 0 Å². The second-order valence-corrected chi connectivity index (χ2v) is 6.56. The van der Waals surface area contributed by atoms with E-state index in [-0.39, 0.29) is 23.8 Å². The van der Waals surface area contributed by atoms with Gasteiger partial charge in [-0.2, -0.15) is 0 Å². The molecule has 0 saturated heterocycles. The molecule has 7 nitrogen and oxygen atoms in total. The van der Waals surface area contributed by atoms with E-state index in [0.29, 0.717) is 17.1 Å². The number of aromatic nitrogens is 1. The summed E-state index contributed by atoms with van der Waals surface area (Å²) < 4.78 is 12.7. The topological polar surface area (TPSA) is 83.6 Å². The van der Waals surface area contributed by atoms with Crippen LogP contribution in [0.1, 0.15) is 34.0 Å². The summed E-state index contributed by atoms with van der Waals surface area (Å²) in [6.45, 7) is 0. The predicted molar refractivity (Wildman–Crippen MR) is 103 cm³/mol. The van der Waals surface area contributed by atoms with E-state index in [2.05, 4.69) is 0 Å². The summed E-state index contributed by atoms with van der Waals surface area (Å²) in [6.07, 6.45) is 2.15. The lowest BCUT2D eigenvalue weighted by molar-refractivity contribution is -0.384. The van der Waals surface area contributed by atoms with Crippen molar-refractivity contribution >= 4 is 11.5 Å². The Labute approximate surface area is 161 Å². The van der Waals surface area contributed by atoms with Gasteiger partial charge in [0.1, 0.15) is 0 Å². The minimum Gasteiger partial charge on any atom is -0.493 e. The van der Waals surface area contributed by atoms with Crippen LogP contribution >= 0.6 is 0 Å². The number of rotatable bonds is 4. The molecule has 0 unspecified atom stereocenters. The fraction of sp³-hybridized carbons (Fsp3) is 0.190. The Morgan fingerprint density at radius 3 is 2.39 bits per heavy atom. The monoisotopic (exact) mass is 378 g/mol. The van der Waals surface area contributed by atoms with Crippen LogP contribution in [-0.4, -0.2) is 29.5 Å². The second-order valence-electron chi connectivity index (χ2n) is 6.56. The van der Waals surface area contributed by atoms with Gasteiger partial charge in [0.15, 0.2) is 17.3 Å². The van der Waals surface area contributed by atoms with Gasteiger partial charge in [0, 0.05) is 48.0 Å². The molecule has 1 atom stereocenters. The molecule has 2 heterocycles. The van der Waals surface area contributed by atoms with Crippen LogP contribution in [-0.2, 0) is 0 Å². The molecule has 7 heteroatoms. The smallest absolute Gasteiger partial charge is 0.269 e. The first-order chi connectivity index (χ1) is 13.5. The van der Waals surface area contributed by atoms with Gasteiger partial charge in [-0.25, -0.2) is 0 Å². The quantitative estimate of drug-likeness (QED) is 0.504. The molecule has 1 aliphatic heterocycles. The third kappa shape index (κ3) is 2.81. The highest BCUT2D eigenvalue weighted by molar-refractivity contribution is 6.01. The lowest BCUT2D eigenvalue weighted by atomic mass is 9.90. The number of Topliss-reactive ketones (excluding diaryl/α,β-unsaturated/α-hetero) is 1. The Kier molecular flexibility index (Phi) is 4.35. The molecule has 0 amide bonds. The number of methoxy groups -OCH3 is 2. The van der Waals surface area contributed by atoms with Crippen LogP contribution in [0.5, 0.6) is 11.5 Å². The number of benzene rings is 2. The lowest BCUT2D eigenvalue weighted by Crippen LogP contribution is -2.07. The zero-order chi connectivity index (χ0) is 19.8. The summed E-state index contributed by atoms with van der Waals surface area (Å²) in [5.74, 6) is 0.801. The molecule has 3 aromatic rings. The number of ether oxygens (including phenoxy) is 2. The van der Waals surface area contributed by atoms with Gasteiger partial charge in [-0.15, -0.1) is 0 Å². The van der Waals surface area contributed by atoms with Crippen molar-refractivity contribution in [1.29, 1.82) is 0 Å². The summed E-state index contributed by atoms with van der Waals surface area (Å²) in [4.78, 5) is 23.6. The van der Waals surface area contributed by atoms with Crippen molar-refractivity contribution in [2.75, 3.05) is 14.2 Å². The first-order valence-corrected chi connectivity index (χ1v) is 8.74. The Hall–Kier alpha value is -3.61. The van der Waals surface area contributed by atoms with Crippen molar-refractivity contribution < 1.29 is 19.2 Å². The van der Waals surface area contributed by atoms with E-state index in [1.807, 2.05) is 22.9 Å².